The van der Waals surface area contributed by atoms with Crippen molar-refractivity contribution >= 4 is 11.6 Å². The van der Waals surface area contributed by atoms with Gasteiger partial charge in [-0.15, -0.1) is 0 Å². The number of nitrogens with zero attached hydrogens (tertiary/aromatic N) is 3. The van der Waals surface area contributed by atoms with Gasteiger partial charge in [-0.25, -0.2) is 9.97 Å². The van der Waals surface area contributed by atoms with Gasteiger partial charge in [-0.05, 0) is 31.7 Å². The molecule has 0 saturated heterocycles. The number of rotatable bonds is 4. The van der Waals surface area contributed by atoms with E-state index in [0.29, 0.717) is 30.1 Å². The first-order chi connectivity index (χ1) is 11.7. The molecule has 5 nitrogen and oxygen atoms in total. The molecule has 0 aromatic carbocycles. The molecule has 1 atom stereocenters. The summed E-state index contributed by atoms with van der Waals surface area (Å²) in [7, 11) is 0. The zero-order chi connectivity index (χ0) is 18.4. The lowest BCUT2D eigenvalue weighted by molar-refractivity contribution is -0.171. The Morgan fingerprint density at radius 3 is 2.52 bits per heavy atom. The smallest absolute Gasteiger partial charge is 0.340 e. The molecular weight excluding hydrogens is 333 g/mol. The van der Waals surface area contributed by atoms with Gasteiger partial charge in [0.2, 0.25) is 0 Å². The van der Waals surface area contributed by atoms with Crippen molar-refractivity contribution in [2.24, 2.45) is 5.92 Å². The van der Waals surface area contributed by atoms with Crippen molar-refractivity contribution in [3.8, 4) is 0 Å². The van der Waals surface area contributed by atoms with E-state index in [1.807, 2.05) is 13.8 Å². The van der Waals surface area contributed by atoms with E-state index in [0.717, 1.165) is 6.42 Å². The zero-order valence-corrected chi connectivity index (χ0v) is 14.4. The van der Waals surface area contributed by atoms with Crippen LogP contribution in [0.25, 0.3) is 5.65 Å². The van der Waals surface area contributed by atoms with Gasteiger partial charge in [-0.1, -0.05) is 20.3 Å². The lowest BCUT2D eigenvalue weighted by Crippen LogP contribution is -2.52. The van der Waals surface area contributed by atoms with E-state index in [1.54, 1.807) is 17.5 Å². The Morgan fingerprint density at radius 1 is 1.32 bits per heavy atom. The van der Waals surface area contributed by atoms with Gasteiger partial charge in [0, 0.05) is 12.1 Å². The van der Waals surface area contributed by atoms with Gasteiger partial charge in [0.25, 0.3) is 5.91 Å². The van der Waals surface area contributed by atoms with Crippen molar-refractivity contribution in [2.45, 2.75) is 58.2 Å². The molecule has 136 valence electrons. The molecule has 2 heterocycles. The van der Waals surface area contributed by atoms with Crippen LogP contribution < -0.4 is 5.32 Å². The predicted octanol–water partition coefficient (Wildman–Crippen LogP) is 3.62. The highest BCUT2D eigenvalue weighted by atomic mass is 19.4. The predicted molar refractivity (Wildman–Crippen MR) is 86.5 cm³/mol. The molecule has 0 spiro atoms. The van der Waals surface area contributed by atoms with Crippen LogP contribution in [0.3, 0.4) is 0 Å². The normalized spacial score (nSPS) is 16.9. The first kappa shape index (κ1) is 17.7. The maximum Gasteiger partial charge on any atom is 0.408 e. The summed E-state index contributed by atoms with van der Waals surface area (Å²) in [5, 5.41) is 2.18. The number of hydrogen-bond acceptors (Lipinski definition) is 3. The molecule has 8 heteroatoms. The van der Waals surface area contributed by atoms with E-state index in [1.165, 1.54) is 6.07 Å². The standard InChI is InChI=1S/C17H21F3N4O/c1-9(2)14-21-10(3)24-8-7-12(15(24)23-14)16(25)22-13(17(18,19)20)11-5-4-6-11/h7-9,11,13H,4-6H2,1-3H3,(H,22,25). The van der Waals surface area contributed by atoms with Gasteiger partial charge >= 0.3 is 6.18 Å². The third kappa shape index (κ3) is 3.34. The fourth-order valence-corrected chi connectivity index (χ4v) is 3.05. The largest absolute Gasteiger partial charge is 0.408 e. The lowest BCUT2D eigenvalue weighted by Gasteiger charge is -2.35. The number of nitrogens with one attached hydrogen (secondary N) is 1. The third-order valence-corrected chi connectivity index (χ3v) is 4.73. The average molecular weight is 354 g/mol. The highest BCUT2D eigenvalue weighted by Crippen LogP contribution is 2.37. The molecule has 1 unspecified atom stereocenters. The van der Waals surface area contributed by atoms with Crippen LogP contribution in [-0.2, 0) is 0 Å². The van der Waals surface area contributed by atoms with Crippen LogP contribution in [0, 0.1) is 12.8 Å². The molecule has 2 aromatic heterocycles. The number of hydrogen-bond donors (Lipinski definition) is 1. The molecule has 0 bridgehead atoms. The van der Waals surface area contributed by atoms with E-state index in [9.17, 15) is 18.0 Å². The molecule has 0 radical (unpaired) electrons. The Labute approximate surface area is 143 Å². The number of alkyl halides is 3. The van der Waals surface area contributed by atoms with Crippen molar-refractivity contribution in [1.82, 2.24) is 19.7 Å². The molecule has 1 saturated carbocycles. The van der Waals surface area contributed by atoms with Crippen LogP contribution in [0.1, 0.15) is 61.0 Å². The highest BCUT2D eigenvalue weighted by molar-refractivity contribution is 6.00. The highest BCUT2D eigenvalue weighted by Gasteiger charge is 2.47. The van der Waals surface area contributed by atoms with E-state index in [-0.39, 0.29) is 11.5 Å². The SMILES string of the molecule is Cc1nc(C(C)C)nc2c(C(=O)NC(C3CCC3)C(F)(F)F)ccn12. The maximum atomic E-state index is 13.3. The molecule has 1 N–H and O–H groups in total. The summed E-state index contributed by atoms with van der Waals surface area (Å²) in [4.78, 5) is 21.3. The summed E-state index contributed by atoms with van der Waals surface area (Å²) in [6.07, 6.45) is -1.11. The fourth-order valence-electron chi connectivity index (χ4n) is 3.05. The van der Waals surface area contributed by atoms with Gasteiger partial charge in [0.15, 0.2) is 5.65 Å². The van der Waals surface area contributed by atoms with Crippen molar-refractivity contribution < 1.29 is 18.0 Å². The molecule has 2 aromatic rings. The Balaban J connectivity index is 1.94. The zero-order valence-electron chi connectivity index (χ0n) is 14.4. The van der Waals surface area contributed by atoms with Gasteiger partial charge in [-0.2, -0.15) is 13.2 Å². The molecule has 3 rings (SSSR count). The van der Waals surface area contributed by atoms with Crippen LogP contribution >= 0.6 is 0 Å². The number of aryl methyl sites for hydroxylation is 1. The Kier molecular flexibility index (Phi) is 4.47. The minimum absolute atomic E-state index is 0.0485. The number of aromatic nitrogens is 3. The van der Waals surface area contributed by atoms with E-state index >= 15 is 0 Å². The molecule has 25 heavy (non-hydrogen) atoms. The second kappa shape index (κ2) is 6.31. The topological polar surface area (TPSA) is 59.3 Å². The van der Waals surface area contributed by atoms with Gasteiger partial charge in [0.1, 0.15) is 17.7 Å². The monoisotopic (exact) mass is 354 g/mol. The Hall–Kier alpha value is -2.12. The Bertz CT molecular complexity index is 793. The van der Waals surface area contributed by atoms with E-state index in [4.69, 9.17) is 0 Å². The van der Waals surface area contributed by atoms with E-state index < -0.39 is 24.0 Å². The number of halogens is 3. The maximum absolute atomic E-state index is 13.3. The summed E-state index contributed by atoms with van der Waals surface area (Å²) in [5.41, 5.74) is 0.476. The first-order valence-corrected chi connectivity index (χ1v) is 8.41. The average Bonchev–Trinajstić information content (AvgIpc) is 2.88. The summed E-state index contributed by atoms with van der Waals surface area (Å²) in [6, 6.07) is -0.318. The molecule has 1 aliphatic rings. The lowest BCUT2D eigenvalue weighted by atomic mass is 9.79. The van der Waals surface area contributed by atoms with Crippen molar-refractivity contribution in [3.63, 3.8) is 0 Å². The summed E-state index contributed by atoms with van der Waals surface area (Å²) >= 11 is 0. The molecular formula is C17H21F3N4O. The number of carbonyl (C=O) groups excluding carboxylic acids is 1. The van der Waals surface area contributed by atoms with Gasteiger partial charge in [-0.3, -0.25) is 9.20 Å². The number of carbonyl (C=O) groups is 1. The van der Waals surface area contributed by atoms with Gasteiger partial charge in [0.05, 0.1) is 5.56 Å². The van der Waals surface area contributed by atoms with Crippen molar-refractivity contribution in [2.75, 3.05) is 0 Å². The number of fused-ring (bicyclic) bond motifs is 1. The van der Waals surface area contributed by atoms with Crippen molar-refractivity contribution in [1.29, 1.82) is 0 Å². The molecule has 1 fully saturated rings. The third-order valence-electron chi connectivity index (χ3n) is 4.73. The quantitative estimate of drug-likeness (QED) is 0.912. The second-order valence-corrected chi connectivity index (χ2v) is 6.89. The van der Waals surface area contributed by atoms with Crippen LogP contribution in [-0.4, -0.2) is 32.5 Å². The van der Waals surface area contributed by atoms with Crippen LogP contribution in [0.4, 0.5) is 13.2 Å². The van der Waals surface area contributed by atoms with Crippen LogP contribution in [0.15, 0.2) is 12.3 Å². The summed E-state index contributed by atoms with van der Waals surface area (Å²) in [5.74, 6) is -0.0411. The summed E-state index contributed by atoms with van der Waals surface area (Å²) < 4.78 is 41.5. The minimum atomic E-state index is -4.45. The van der Waals surface area contributed by atoms with Crippen LogP contribution in [0.5, 0.6) is 0 Å². The van der Waals surface area contributed by atoms with Crippen LogP contribution in [0.2, 0.25) is 0 Å². The Morgan fingerprint density at radius 2 is 2.00 bits per heavy atom. The molecule has 1 amide bonds. The fraction of sp³-hybridized carbons (Fsp3) is 0.588. The summed E-state index contributed by atoms with van der Waals surface area (Å²) in [6.45, 7) is 5.61. The van der Waals surface area contributed by atoms with E-state index in [2.05, 4.69) is 15.3 Å². The minimum Gasteiger partial charge on any atom is -0.340 e. The molecule has 1 aliphatic carbocycles. The number of amides is 1. The van der Waals surface area contributed by atoms with Crippen molar-refractivity contribution in [3.05, 3.63) is 29.5 Å². The second-order valence-electron chi connectivity index (χ2n) is 6.89. The molecule has 0 aliphatic heterocycles. The van der Waals surface area contributed by atoms with Gasteiger partial charge < -0.3 is 5.32 Å². The first-order valence-electron chi connectivity index (χ1n) is 8.41.